The highest BCUT2D eigenvalue weighted by Gasteiger charge is 2.32. The largest absolute Gasteiger partial charge is 0.466 e. The van der Waals surface area contributed by atoms with Gasteiger partial charge in [-0.15, -0.1) is 0 Å². The number of esters is 3. The maximum Gasteiger partial charge on any atom is 0.331 e. The number of hydrogen-bond acceptors (Lipinski definition) is 7. The summed E-state index contributed by atoms with van der Waals surface area (Å²) < 4.78 is 14.5. The Balaban J connectivity index is 2.37. The molecule has 0 aromatic carbocycles. The van der Waals surface area contributed by atoms with Gasteiger partial charge in [0.25, 0.3) is 0 Å². The van der Waals surface area contributed by atoms with Gasteiger partial charge in [-0.3, -0.25) is 4.79 Å². The third-order valence-electron chi connectivity index (χ3n) is 2.57. The molecule has 0 saturated carbocycles. The first-order valence-corrected chi connectivity index (χ1v) is 6.33. The smallest absolute Gasteiger partial charge is 0.331 e. The van der Waals surface area contributed by atoms with Crippen LogP contribution in [0.1, 0.15) is 20.3 Å². The van der Waals surface area contributed by atoms with Crippen LogP contribution in [0.5, 0.6) is 0 Å². The van der Waals surface area contributed by atoms with E-state index in [0.29, 0.717) is 13.0 Å². The van der Waals surface area contributed by atoms with Crippen molar-refractivity contribution in [3.05, 3.63) is 12.2 Å². The summed E-state index contributed by atoms with van der Waals surface area (Å²) in [6.45, 7) is 3.90. The molecular formula is C13H19NO6. The summed E-state index contributed by atoms with van der Waals surface area (Å²) in [5.41, 5.74) is 0. The molecule has 0 aromatic rings. The van der Waals surface area contributed by atoms with E-state index in [0.717, 1.165) is 12.2 Å². The predicted molar refractivity (Wildman–Crippen MR) is 68.7 cm³/mol. The number of carbonyl (C=O) groups is 3. The van der Waals surface area contributed by atoms with Gasteiger partial charge in [-0.2, -0.15) is 0 Å². The quantitative estimate of drug-likeness (QED) is 0.430. The van der Waals surface area contributed by atoms with Gasteiger partial charge in [0.1, 0.15) is 12.1 Å². The molecule has 0 aromatic heterocycles. The van der Waals surface area contributed by atoms with E-state index in [4.69, 9.17) is 9.47 Å². The van der Waals surface area contributed by atoms with Crippen molar-refractivity contribution in [1.29, 1.82) is 0 Å². The van der Waals surface area contributed by atoms with Crippen molar-refractivity contribution < 1.29 is 28.6 Å². The first kappa shape index (κ1) is 16.2. The Morgan fingerprint density at radius 3 is 2.45 bits per heavy atom. The maximum atomic E-state index is 11.6. The number of carbonyl (C=O) groups excluding carboxylic acids is 3. The summed E-state index contributed by atoms with van der Waals surface area (Å²) in [6, 6.07) is -0.472. The molecule has 7 heteroatoms. The van der Waals surface area contributed by atoms with Crippen LogP contribution in [0, 0.1) is 0 Å². The molecular weight excluding hydrogens is 266 g/mol. The molecule has 1 saturated heterocycles. The van der Waals surface area contributed by atoms with Crippen LogP contribution in [0.15, 0.2) is 12.2 Å². The number of rotatable bonds is 5. The zero-order valence-corrected chi connectivity index (χ0v) is 11.8. The lowest BCUT2D eigenvalue weighted by Gasteiger charge is -2.13. The topological polar surface area (TPSA) is 90.9 Å². The predicted octanol–water partition coefficient (Wildman–Crippen LogP) is -0.0591. The Labute approximate surface area is 117 Å². The lowest BCUT2D eigenvalue weighted by molar-refractivity contribution is -0.150. The molecule has 1 aliphatic heterocycles. The maximum absolute atomic E-state index is 11.6. The Hall–Kier alpha value is -1.89. The standard InChI is InChI=1S/C13H19NO6/c1-8(2)19-13(17)10-6-9(7-14-10)20-12(16)5-4-11(15)18-3/h4-5,8-10,14H,6-7H2,1-3H3/b5-4+/t9-,10+/m1/s1. The van der Waals surface area contributed by atoms with E-state index in [1.807, 2.05) is 0 Å². The minimum atomic E-state index is -0.653. The van der Waals surface area contributed by atoms with Crippen molar-refractivity contribution in [2.75, 3.05) is 13.7 Å². The second-order valence-corrected chi connectivity index (χ2v) is 4.60. The Bertz CT molecular complexity index is 404. The summed E-state index contributed by atoms with van der Waals surface area (Å²) in [7, 11) is 1.21. The highest BCUT2D eigenvalue weighted by Crippen LogP contribution is 2.13. The second-order valence-electron chi connectivity index (χ2n) is 4.60. The van der Waals surface area contributed by atoms with E-state index in [9.17, 15) is 14.4 Å². The van der Waals surface area contributed by atoms with Crippen molar-refractivity contribution in [3.63, 3.8) is 0 Å². The van der Waals surface area contributed by atoms with E-state index in [1.165, 1.54) is 7.11 Å². The molecule has 0 aliphatic carbocycles. The van der Waals surface area contributed by atoms with Crippen LogP contribution < -0.4 is 5.32 Å². The zero-order valence-electron chi connectivity index (χ0n) is 11.8. The monoisotopic (exact) mass is 285 g/mol. The van der Waals surface area contributed by atoms with Gasteiger partial charge in [0.15, 0.2) is 0 Å². The first-order chi connectivity index (χ1) is 9.42. The van der Waals surface area contributed by atoms with Gasteiger partial charge < -0.3 is 19.5 Å². The van der Waals surface area contributed by atoms with Crippen molar-refractivity contribution >= 4 is 17.9 Å². The van der Waals surface area contributed by atoms with Gasteiger partial charge in [0.2, 0.25) is 0 Å². The average molecular weight is 285 g/mol. The Kier molecular flexibility index (Phi) is 6.17. The highest BCUT2D eigenvalue weighted by atomic mass is 16.6. The summed E-state index contributed by atoms with van der Waals surface area (Å²) in [5, 5.41) is 2.93. The van der Waals surface area contributed by atoms with Crippen LogP contribution in [0.3, 0.4) is 0 Å². The average Bonchev–Trinajstić information content (AvgIpc) is 2.83. The summed E-state index contributed by atoms with van der Waals surface area (Å²) in [4.78, 5) is 33.9. The lowest BCUT2D eigenvalue weighted by atomic mass is 10.2. The van der Waals surface area contributed by atoms with Crippen molar-refractivity contribution in [2.45, 2.75) is 38.5 Å². The zero-order chi connectivity index (χ0) is 15.1. The summed E-state index contributed by atoms with van der Waals surface area (Å²) in [5.74, 6) is -1.64. The van der Waals surface area contributed by atoms with E-state index in [1.54, 1.807) is 13.8 Å². The molecule has 1 aliphatic rings. The molecule has 2 atom stereocenters. The normalized spacial score (nSPS) is 22.0. The summed E-state index contributed by atoms with van der Waals surface area (Å²) in [6.07, 6.45) is 1.72. The SMILES string of the molecule is COC(=O)/C=C/C(=O)O[C@H]1CN[C@H](C(=O)OC(C)C)C1. The fraction of sp³-hybridized carbons (Fsp3) is 0.615. The molecule has 0 amide bonds. The van der Waals surface area contributed by atoms with Gasteiger partial charge in [0, 0.05) is 25.1 Å². The number of nitrogens with one attached hydrogen (secondary N) is 1. The molecule has 0 bridgehead atoms. The molecule has 0 spiro atoms. The van der Waals surface area contributed by atoms with Crippen LogP contribution >= 0.6 is 0 Å². The minimum Gasteiger partial charge on any atom is -0.466 e. The number of ether oxygens (including phenoxy) is 3. The highest BCUT2D eigenvalue weighted by molar-refractivity contribution is 5.91. The van der Waals surface area contributed by atoms with E-state index >= 15 is 0 Å². The molecule has 7 nitrogen and oxygen atoms in total. The third kappa shape index (κ3) is 5.40. The van der Waals surface area contributed by atoms with Gasteiger partial charge in [-0.05, 0) is 13.8 Å². The first-order valence-electron chi connectivity index (χ1n) is 6.33. The van der Waals surface area contributed by atoms with Crippen LogP contribution in [-0.4, -0.2) is 49.8 Å². The van der Waals surface area contributed by atoms with E-state index < -0.39 is 24.1 Å². The third-order valence-corrected chi connectivity index (χ3v) is 2.57. The van der Waals surface area contributed by atoms with E-state index in [2.05, 4.69) is 10.1 Å². The number of methoxy groups -OCH3 is 1. The minimum absolute atomic E-state index is 0.186. The molecule has 1 rings (SSSR count). The van der Waals surface area contributed by atoms with Crippen molar-refractivity contribution in [2.24, 2.45) is 0 Å². The lowest BCUT2D eigenvalue weighted by Crippen LogP contribution is -2.33. The fourth-order valence-electron chi connectivity index (χ4n) is 1.69. The van der Waals surface area contributed by atoms with Crippen molar-refractivity contribution in [1.82, 2.24) is 5.32 Å². The molecule has 0 radical (unpaired) electrons. The molecule has 112 valence electrons. The Morgan fingerprint density at radius 2 is 1.85 bits per heavy atom. The Morgan fingerprint density at radius 1 is 1.20 bits per heavy atom. The van der Waals surface area contributed by atoms with Crippen LogP contribution in [0.4, 0.5) is 0 Å². The van der Waals surface area contributed by atoms with E-state index in [-0.39, 0.29) is 12.1 Å². The van der Waals surface area contributed by atoms with Crippen molar-refractivity contribution in [3.8, 4) is 0 Å². The molecule has 20 heavy (non-hydrogen) atoms. The van der Waals surface area contributed by atoms with Crippen LogP contribution in [-0.2, 0) is 28.6 Å². The van der Waals surface area contributed by atoms with Crippen LogP contribution in [0.25, 0.3) is 0 Å². The van der Waals surface area contributed by atoms with Crippen LogP contribution in [0.2, 0.25) is 0 Å². The fourth-order valence-corrected chi connectivity index (χ4v) is 1.69. The molecule has 1 heterocycles. The number of hydrogen-bond donors (Lipinski definition) is 1. The van der Waals surface area contributed by atoms with Gasteiger partial charge in [0.05, 0.1) is 13.2 Å². The molecule has 1 fully saturated rings. The molecule has 0 unspecified atom stereocenters. The van der Waals surface area contributed by atoms with Gasteiger partial charge in [-0.1, -0.05) is 0 Å². The second kappa shape index (κ2) is 7.64. The van der Waals surface area contributed by atoms with Gasteiger partial charge >= 0.3 is 17.9 Å². The van der Waals surface area contributed by atoms with Gasteiger partial charge in [-0.25, -0.2) is 9.59 Å². The molecule has 1 N–H and O–H groups in total. The summed E-state index contributed by atoms with van der Waals surface area (Å²) >= 11 is 0.